The van der Waals surface area contributed by atoms with Gasteiger partial charge in [-0.05, 0) is 42.8 Å². The van der Waals surface area contributed by atoms with Crippen molar-refractivity contribution in [2.45, 2.75) is 20.0 Å². The number of aryl methyl sites for hydroxylation is 1. The Morgan fingerprint density at radius 3 is 2.71 bits per heavy atom. The fourth-order valence-corrected chi connectivity index (χ4v) is 3.75. The maximum atomic E-state index is 12.9. The molecule has 5 aromatic rings. The number of nitrogens with zero attached hydrogens (tertiary/aromatic N) is 3. The minimum absolute atomic E-state index is 0.146. The van der Waals surface area contributed by atoms with E-state index in [1.165, 1.54) is 5.56 Å². The minimum Gasteiger partial charge on any atom is -0.465 e. The van der Waals surface area contributed by atoms with E-state index >= 15 is 0 Å². The van der Waals surface area contributed by atoms with Crippen molar-refractivity contribution in [3.63, 3.8) is 0 Å². The van der Waals surface area contributed by atoms with E-state index in [9.17, 15) is 4.79 Å². The first-order valence-electron chi connectivity index (χ1n) is 10.2. The molecule has 1 amide bonds. The van der Waals surface area contributed by atoms with E-state index in [0.29, 0.717) is 12.1 Å². The number of hydrogen-bond acceptors (Lipinski definition) is 3. The zero-order chi connectivity index (χ0) is 21.2. The average molecular weight is 410 g/mol. The Morgan fingerprint density at radius 2 is 1.90 bits per heavy atom. The number of pyridine rings is 1. The maximum absolute atomic E-state index is 12.9. The highest BCUT2D eigenvalue weighted by molar-refractivity contribution is 6.02. The van der Waals surface area contributed by atoms with Crippen LogP contribution in [-0.4, -0.2) is 19.9 Å². The summed E-state index contributed by atoms with van der Waals surface area (Å²) in [5.41, 5.74) is 4.35. The second-order valence-corrected chi connectivity index (χ2v) is 7.51. The molecule has 0 radical (unpaired) electrons. The third kappa shape index (κ3) is 3.88. The molecule has 0 saturated carbocycles. The van der Waals surface area contributed by atoms with Gasteiger partial charge in [0.15, 0.2) is 0 Å². The molecule has 0 saturated heterocycles. The predicted octanol–water partition coefficient (Wildman–Crippen LogP) is 4.68. The largest absolute Gasteiger partial charge is 0.465 e. The van der Waals surface area contributed by atoms with Gasteiger partial charge in [-0.3, -0.25) is 4.79 Å². The van der Waals surface area contributed by atoms with Crippen LogP contribution in [0, 0.1) is 6.92 Å². The van der Waals surface area contributed by atoms with E-state index in [0.717, 1.165) is 35.0 Å². The highest BCUT2D eigenvalue weighted by Gasteiger charge is 2.18. The number of nitrogens with one attached hydrogen (secondary N) is 1. The minimum atomic E-state index is -0.146. The molecule has 4 heterocycles. The second-order valence-electron chi connectivity index (χ2n) is 7.51. The summed E-state index contributed by atoms with van der Waals surface area (Å²) < 4.78 is 9.60. The zero-order valence-electron chi connectivity index (χ0n) is 17.2. The monoisotopic (exact) mass is 410 g/mol. The average Bonchev–Trinajstić information content (AvgIpc) is 3.51. The van der Waals surface area contributed by atoms with Crippen LogP contribution in [0.2, 0.25) is 0 Å². The molecule has 5 rings (SSSR count). The van der Waals surface area contributed by atoms with E-state index in [2.05, 4.69) is 22.4 Å². The zero-order valence-corrected chi connectivity index (χ0v) is 17.2. The van der Waals surface area contributed by atoms with Gasteiger partial charge in [0.1, 0.15) is 17.2 Å². The van der Waals surface area contributed by atoms with Crippen LogP contribution < -0.4 is 5.32 Å². The molecular weight excluding hydrogens is 388 g/mol. The van der Waals surface area contributed by atoms with Crippen LogP contribution in [0.5, 0.6) is 0 Å². The van der Waals surface area contributed by atoms with Gasteiger partial charge in [0.2, 0.25) is 0 Å². The van der Waals surface area contributed by atoms with Gasteiger partial charge >= 0.3 is 0 Å². The fourth-order valence-electron chi connectivity index (χ4n) is 3.75. The van der Waals surface area contributed by atoms with Crippen LogP contribution in [0.15, 0.2) is 89.9 Å². The summed E-state index contributed by atoms with van der Waals surface area (Å²) in [6.07, 6.45) is 5.78. The highest BCUT2D eigenvalue weighted by atomic mass is 16.3. The molecule has 0 atom stereocenters. The SMILES string of the molecule is Cc1ccc(CNC(=O)c2cc(-c3cn(Cc4ccccc4)cn3)n3ccccc23)o1. The van der Waals surface area contributed by atoms with E-state index < -0.39 is 0 Å². The molecule has 0 bridgehead atoms. The lowest BCUT2D eigenvalue weighted by atomic mass is 10.2. The van der Waals surface area contributed by atoms with E-state index in [4.69, 9.17) is 4.42 Å². The number of amides is 1. The molecule has 4 aromatic heterocycles. The van der Waals surface area contributed by atoms with Crippen molar-refractivity contribution in [2.24, 2.45) is 0 Å². The number of furan rings is 1. The summed E-state index contributed by atoms with van der Waals surface area (Å²) >= 11 is 0. The summed E-state index contributed by atoms with van der Waals surface area (Å²) in [5.74, 6) is 1.41. The Kier molecular flexibility index (Phi) is 4.88. The maximum Gasteiger partial charge on any atom is 0.253 e. The van der Waals surface area contributed by atoms with Gasteiger partial charge in [-0.25, -0.2) is 4.98 Å². The molecule has 6 heteroatoms. The van der Waals surface area contributed by atoms with Gasteiger partial charge in [0.05, 0.1) is 29.6 Å². The van der Waals surface area contributed by atoms with E-state index in [1.807, 2.05) is 89.2 Å². The molecule has 1 aromatic carbocycles. The van der Waals surface area contributed by atoms with Crippen LogP contribution >= 0.6 is 0 Å². The molecule has 0 aliphatic carbocycles. The van der Waals surface area contributed by atoms with Crippen molar-refractivity contribution in [3.8, 4) is 11.4 Å². The third-order valence-electron chi connectivity index (χ3n) is 5.24. The Balaban J connectivity index is 1.43. The number of aromatic nitrogens is 3. The van der Waals surface area contributed by atoms with Crippen molar-refractivity contribution < 1.29 is 9.21 Å². The summed E-state index contributed by atoms with van der Waals surface area (Å²) in [6, 6.07) is 21.7. The lowest BCUT2D eigenvalue weighted by molar-refractivity contribution is 0.0949. The van der Waals surface area contributed by atoms with Crippen LogP contribution in [0.3, 0.4) is 0 Å². The third-order valence-corrected chi connectivity index (χ3v) is 5.24. The molecule has 0 unspecified atom stereocenters. The second kappa shape index (κ2) is 7.99. The van der Waals surface area contributed by atoms with E-state index in [1.54, 1.807) is 0 Å². The molecular formula is C25H22N4O2. The van der Waals surface area contributed by atoms with Crippen LogP contribution in [0.4, 0.5) is 0 Å². The van der Waals surface area contributed by atoms with Crippen molar-refractivity contribution >= 4 is 11.4 Å². The van der Waals surface area contributed by atoms with Gasteiger partial charge in [0, 0.05) is 18.9 Å². The Hall–Kier alpha value is -4.06. The Morgan fingerprint density at radius 1 is 1.06 bits per heavy atom. The lowest BCUT2D eigenvalue weighted by Gasteiger charge is -2.03. The number of imidazole rings is 1. The normalized spacial score (nSPS) is 11.1. The topological polar surface area (TPSA) is 64.5 Å². The molecule has 0 spiro atoms. The molecule has 154 valence electrons. The van der Waals surface area contributed by atoms with Crippen LogP contribution in [0.25, 0.3) is 16.9 Å². The van der Waals surface area contributed by atoms with Crippen LogP contribution in [0.1, 0.15) is 27.4 Å². The summed E-state index contributed by atoms with van der Waals surface area (Å²) in [5, 5.41) is 2.95. The van der Waals surface area contributed by atoms with Crippen LogP contribution in [-0.2, 0) is 13.1 Å². The molecule has 1 N–H and O–H groups in total. The standard InChI is InChI=1S/C25H22N4O2/c1-18-10-11-20(31-18)14-26-25(30)21-13-24(29-12-6-5-9-23(21)29)22-16-28(17-27-22)15-19-7-3-2-4-8-19/h2-13,16-17H,14-15H2,1H3,(H,26,30). The first-order valence-corrected chi connectivity index (χ1v) is 10.2. The highest BCUT2D eigenvalue weighted by Crippen LogP contribution is 2.25. The van der Waals surface area contributed by atoms with Crippen molar-refractivity contribution in [2.75, 3.05) is 0 Å². The lowest BCUT2D eigenvalue weighted by Crippen LogP contribution is -2.22. The molecule has 31 heavy (non-hydrogen) atoms. The molecule has 6 nitrogen and oxygen atoms in total. The molecule has 0 aliphatic heterocycles. The van der Waals surface area contributed by atoms with Crippen molar-refractivity contribution in [1.82, 2.24) is 19.3 Å². The number of rotatable bonds is 6. The summed E-state index contributed by atoms with van der Waals surface area (Å²) in [4.78, 5) is 17.5. The summed E-state index contributed by atoms with van der Waals surface area (Å²) in [6.45, 7) is 2.97. The summed E-state index contributed by atoms with van der Waals surface area (Å²) in [7, 11) is 0. The van der Waals surface area contributed by atoms with Gasteiger partial charge < -0.3 is 18.7 Å². The van der Waals surface area contributed by atoms with E-state index in [-0.39, 0.29) is 5.91 Å². The number of fused-ring (bicyclic) bond motifs is 1. The van der Waals surface area contributed by atoms with Gasteiger partial charge in [-0.1, -0.05) is 36.4 Å². The molecule has 0 fully saturated rings. The number of carbonyl (C=O) groups excluding carboxylic acids is 1. The van der Waals surface area contributed by atoms with Crippen molar-refractivity contribution in [3.05, 3.63) is 108 Å². The fraction of sp³-hybridized carbons (Fsp3) is 0.120. The number of hydrogen-bond donors (Lipinski definition) is 1. The number of carbonyl (C=O) groups is 1. The first-order chi connectivity index (χ1) is 15.2. The Bertz CT molecular complexity index is 1340. The van der Waals surface area contributed by atoms with Crippen molar-refractivity contribution in [1.29, 1.82) is 0 Å². The Labute approximate surface area is 179 Å². The van der Waals surface area contributed by atoms with Gasteiger partial charge in [0.25, 0.3) is 5.91 Å². The smallest absolute Gasteiger partial charge is 0.253 e. The quantitative estimate of drug-likeness (QED) is 0.442. The molecule has 0 aliphatic rings. The van der Waals surface area contributed by atoms with Gasteiger partial charge in [-0.15, -0.1) is 0 Å². The van der Waals surface area contributed by atoms with Gasteiger partial charge in [-0.2, -0.15) is 0 Å². The first kappa shape index (κ1) is 18.9. The predicted molar refractivity (Wildman–Crippen MR) is 119 cm³/mol. The number of benzene rings is 1.